The number of aliphatic hydroxyl groups is 2. The Morgan fingerprint density at radius 2 is 1.58 bits per heavy atom. The SMILES string of the molecule is COc1ccc([C@@H]2C[C@@H](c3ccccc3)C(C(=O)OC3CC4(O)[C@@H](C)C5C6(O)COC6C[C@H](C)[C@@]5(C)C(=O)C(OC(C)=O)C(=C3C)C4(C)C)O2)cc1.[Ac]. The van der Waals surface area contributed by atoms with Gasteiger partial charge in [0.2, 0.25) is 0 Å². The van der Waals surface area contributed by atoms with Gasteiger partial charge < -0.3 is 33.9 Å². The zero-order valence-electron chi connectivity index (χ0n) is 32.0. The van der Waals surface area contributed by atoms with Crippen LogP contribution in [0.4, 0.5) is 0 Å². The second kappa shape index (κ2) is 14.4. The smallest absolute Gasteiger partial charge is 0.336 e. The van der Waals surface area contributed by atoms with E-state index in [-0.39, 0.29) is 80.8 Å². The van der Waals surface area contributed by atoms with E-state index in [0.29, 0.717) is 29.7 Å². The topological polar surface area (TPSA) is 138 Å². The molecule has 283 valence electrons. The van der Waals surface area contributed by atoms with Crippen molar-refractivity contribution < 1.29 is 92.3 Å². The molecule has 1 radical (unpaired) electrons. The third kappa shape index (κ3) is 6.19. The van der Waals surface area contributed by atoms with E-state index in [0.717, 1.165) is 11.1 Å². The normalized spacial score (nSPS) is 40.0. The molecule has 10 nitrogen and oxygen atoms in total. The molecule has 2 aromatic rings. The molecule has 0 aromatic heterocycles. The number of esters is 2. The second-order valence-corrected chi connectivity index (χ2v) is 16.7. The average Bonchev–Trinajstić information content (AvgIpc) is 3.56. The van der Waals surface area contributed by atoms with E-state index in [1.54, 1.807) is 14.0 Å². The van der Waals surface area contributed by atoms with E-state index in [4.69, 9.17) is 23.7 Å². The molecule has 2 saturated heterocycles. The summed E-state index contributed by atoms with van der Waals surface area (Å²) in [7, 11) is 1.61. The molecule has 2 heterocycles. The standard InChI is InChI=1S/C42H52O10.Ac/c1-22-18-32-41(46,21-49-32)36-24(3)42(47)20-31(23(2)33(39(42,5)6)35(50-25(4)43)37(44)40(22,36)7)52-38(45)34-29(26-12-10-9-11-13-26)19-30(51-34)27-14-16-28(48-8)17-15-27;/h9-17,22,24,29-32,34-36,46-47H,18-21H2,1-8H3;/t22-,24-,29-,30-,31?,32?,34?,35?,36?,40+,41?,42?;/m0./s1. The van der Waals surface area contributed by atoms with E-state index in [1.807, 2.05) is 89.2 Å². The van der Waals surface area contributed by atoms with Crippen LogP contribution in [0.5, 0.6) is 5.75 Å². The number of Topliss-reactive ketones (excluding diaryl/α,β-unsaturated/α-hetero) is 1. The van der Waals surface area contributed by atoms with E-state index in [1.165, 1.54) is 6.92 Å². The van der Waals surface area contributed by atoms with Gasteiger partial charge in [0.25, 0.3) is 0 Å². The van der Waals surface area contributed by atoms with E-state index >= 15 is 4.79 Å². The van der Waals surface area contributed by atoms with Crippen LogP contribution in [0, 0.1) is 72.6 Å². The molecule has 2 aromatic carbocycles. The minimum absolute atomic E-state index is 0. The third-order valence-corrected chi connectivity index (χ3v) is 13.9. The summed E-state index contributed by atoms with van der Waals surface area (Å²) >= 11 is 0. The fourth-order valence-electron chi connectivity index (χ4n) is 10.8. The monoisotopic (exact) mass is 943 g/mol. The number of carbonyl (C=O) groups is 3. The third-order valence-electron chi connectivity index (χ3n) is 13.9. The number of benzene rings is 2. The van der Waals surface area contributed by atoms with Crippen LogP contribution >= 0.6 is 0 Å². The predicted molar refractivity (Wildman–Crippen MR) is 190 cm³/mol. The van der Waals surface area contributed by atoms with Gasteiger partial charge in [0.1, 0.15) is 17.5 Å². The zero-order valence-corrected chi connectivity index (χ0v) is 36.7. The van der Waals surface area contributed by atoms with Crippen molar-refractivity contribution in [1.82, 2.24) is 0 Å². The molecule has 3 aliphatic carbocycles. The number of carbonyl (C=O) groups excluding carboxylic acids is 3. The van der Waals surface area contributed by atoms with E-state index in [2.05, 4.69) is 0 Å². The number of hydrogen-bond donors (Lipinski definition) is 2. The summed E-state index contributed by atoms with van der Waals surface area (Å²) in [5, 5.41) is 25.4. The van der Waals surface area contributed by atoms with Crippen molar-refractivity contribution in [3.8, 4) is 5.75 Å². The summed E-state index contributed by atoms with van der Waals surface area (Å²) in [6.45, 7) is 12.5. The summed E-state index contributed by atoms with van der Waals surface area (Å²) in [6, 6.07) is 17.3. The minimum Gasteiger partial charge on any atom is -0.497 e. The Morgan fingerprint density at radius 1 is 0.925 bits per heavy atom. The molecule has 7 unspecified atom stereocenters. The van der Waals surface area contributed by atoms with E-state index in [9.17, 15) is 19.8 Å². The zero-order chi connectivity index (χ0) is 37.5. The molecular formula is C42H52AcO10. The first-order chi connectivity index (χ1) is 24.5. The van der Waals surface area contributed by atoms with Crippen LogP contribution in [0.3, 0.4) is 0 Å². The maximum absolute atomic E-state index is 15.1. The van der Waals surface area contributed by atoms with Gasteiger partial charge in [-0.3, -0.25) is 9.59 Å². The maximum atomic E-state index is 15.1. The summed E-state index contributed by atoms with van der Waals surface area (Å²) in [5.74, 6) is -2.79. The predicted octanol–water partition coefficient (Wildman–Crippen LogP) is 5.64. The van der Waals surface area contributed by atoms with Crippen LogP contribution in [0.25, 0.3) is 0 Å². The fraction of sp³-hybridized carbons (Fsp3) is 0.595. The maximum Gasteiger partial charge on any atom is 0.336 e. The number of methoxy groups -OCH3 is 1. The molecule has 5 aliphatic rings. The molecule has 0 amide bonds. The number of fused-ring (bicyclic) bond motifs is 5. The molecule has 2 saturated carbocycles. The summed E-state index contributed by atoms with van der Waals surface area (Å²) in [6.07, 6.45) is -3.16. The van der Waals surface area contributed by atoms with Gasteiger partial charge in [-0.25, -0.2) is 4.79 Å². The van der Waals surface area contributed by atoms with Crippen molar-refractivity contribution in [2.24, 2.45) is 28.6 Å². The van der Waals surface area contributed by atoms with Gasteiger partial charge in [0.15, 0.2) is 18.0 Å². The molecule has 7 rings (SSSR count). The molecule has 2 bridgehead atoms. The number of ketones is 1. The van der Waals surface area contributed by atoms with Gasteiger partial charge in [-0.05, 0) is 66.0 Å². The molecule has 11 heteroatoms. The van der Waals surface area contributed by atoms with Crippen LogP contribution in [-0.4, -0.2) is 77.3 Å². The number of rotatable bonds is 6. The molecular weight excluding hydrogens is 891 g/mol. The van der Waals surface area contributed by atoms with Gasteiger partial charge in [0, 0.05) is 80.1 Å². The molecule has 0 spiro atoms. The van der Waals surface area contributed by atoms with Gasteiger partial charge in [-0.2, -0.15) is 0 Å². The van der Waals surface area contributed by atoms with Crippen molar-refractivity contribution >= 4 is 17.7 Å². The summed E-state index contributed by atoms with van der Waals surface area (Å²) in [5.41, 5.74) is -2.43. The van der Waals surface area contributed by atoms with Crippen molar-refractivity contribution in [3.63, 3.8) is 0 Å². The van der Waals surface area contributed by atoms with Crippen LogP contribution < -0.4 is 4.74 Å². The summed E-state index contributed by atoms with van der Waals surface area (Å²) < 4.78 is 30.1. The first-order valence-electron chi connectivity index (χ1n) is 18.5. The van der Waals surface area contributed by atoms with Crippen molar-refractivity contribution in [2.75, 3.05) is 13.7 Å². The average molecular weight is 944 g/mol. The van der Waals surface area contributed by atoms with Crippen LogP contribution in [0.1, 0.15) is 90.9 Å². The Labute approximate surface area is 347 Å². The number of hydrogen-bond acceptors (Lipinski definition) is 10. The first kappa shape index (κ1) is 40.5. The first-order valence-corrected chi connectivity index (χ1v) is 18.5. The largest absolute Gasteiger partial charge is 0.497 e. The van der Waals surface area contributed by atoms with Gasteiger partial charge in [-0.15, -0.1) is 0 Å². The van der Waals surface area contributed by atoms with Crippen molar-refractivity contribution in [1.29, 1.82) is 0 Å². The van der Waals surface area contributed by atoms with E-state index < -0.39 is 70.2 Å². The summed E-state index contributed by atoms with van der Waals surface area (Å²) in [4.78, 5) is 42.3. The van der Waals surface area contributed by atoms with Crippen LogP contribution in [0.15, 0.2) is 65.7 Å². The molecule has 12 atom stereocenters. The molecule has 2 aliphatic heterocycles. The molecule has 2 N–H and O–H groups in total. The molecule has 4 fully saturated rings. The van der Waals surface area contributed by atoms with Gasteiger partial charge >= 0.3 is 11.9 Å². The van der Waals surface area contributed by atoms with Crippen molar-refractivity contribution in [3.05, 3.63) is 76.9 Å². The minimum atomic E-state index is -1.61. The number of ether oxygens (including phenoxy) is 5. The Bertz CT molecular complexity index is 1780. The second-order valence-electron chi connectivity index (χ2n) is 16.7. The van der Waals surface area contributed by atoms with Crippen molar-refractivity contribution in [2.45, 2.75) is 115 Å². The van der Waals surface area contributed by atoms with Crippen LogP contribution in [-0.2, 0) is 33.3 Å². The van der Waals surface area contributed by atoms with Gasteiger partial charge in [-0.1, -0.05) is 77.1 Å². The molecule has 53 heavy (non-hydrogen) atoms. The van der Waals surface area contributed by atoms with Crippen LogP contribution in [0.2, 0.25) is 0 Å². The van der Waals surface area contributed by atoms with Gasteiger partial charge in [0.05, 0.1) is 31.5 Å². The Balaban J connectivity index is 0.00000481. The quantitative estimate of drug-likeness (QED) is 0.277. The Morgan fingerprint density at radius 3 is 2.17 bits per heavy atom. The Hall–Kier alpha value is -2.13. The fourth-order valence-corrected chi connectivity index (χ4v) is 10.8. The Kier molecular flexibility index (Phi) is 11.0.